The lowest BCUT2D eigenvalue weighted by Crippen LogP contribution is -2.20. The minimum atomic E-state index is -3.85. The summed E-state index contributed by atoms with van der Waals surface area (Å²) in [4.78, 5) is 13.7. The molecule has 0 fully saturated rings. The fourth-order valence-corrected chi connectivity index (χ4v) is 3.48. The highest BCUT2D eigenvalue weighted by Crippen LogP contribution is 2.28. The molecule has 0 aliphatic rings. The van der Waals surface area contributed by atoms with Crippen LogP contribution in [0, 0.1) is 10.1 Å². The lowest BCUT2D eigenvalue weighted by atomic mass is 10.4. The maximum absolute atomic E-state index is 12.1. The molecule has 1 heterocycles. The summed E-state index contributed by atoms with van der Waals surface area (Å²) in [6.07, 6.45) is 1.42. The first-order valence-electron chi connectivity index (χ1n) is 4.90. The Kier molecular flexibility index (Phi) is 5.06. The second-order valence-corrected chi connectivity index (χ2v) is 7.14. The number of nitro groups is 1. The molecule has 1 atom stereocenters. The molecule has 0 N–H and O–H groups in total. The molecule has 9 heteroatoms. The zero-order valence-corrected chi connectivity index (χ0v) is 12.5. The molecule has 1 unspecified atom stereocenters. The van der Waals surface area contributed by atoms with Crippen LogP contribution in [0.5, 0.6) is 0 Å². The lowest BCUT2D eigenvalue weighted by Gasteiger charge is -2.10. The summed E-state index contributed by atoms with van der Waals surface area (Å²) in [6.45, 7) is 1.45. The Hall–Kier alpha value is -0.730. The number of aromatic nitrogens is 1. The normalized spacial score (nSPS) is 13.3. The third kappa shape index (κ3) is 3.18. The van der Waals surface area contributed by atoms with Crippen molar-refractivity contribution in [3.63, 3.8) is 0 Å². The Morgan fingerprint density at radius 3 is 2.72 bits per heavy atom. The number of nitrogens with zero attached hydrogens (tertiary/aromatic N) is 2. The molecule has 0 aromatic carbocycles. The minimum Gasteiger partial charge on any atom is -0.258 e. The number of rotatable bonds is 5. The molecule has 0 aliphatic carbocycles. The van der Waals surface area contributed by atoms with Crippen LogP contribution in [0.4, 0.5) is 5.69 Å². The van der Waals surface area contributed by atoms with E-state index in [1.54, 1.807) is 0 Å². The average Bonchev–Trinajstić information content (AvgIpc) is 2.28. The van der Waals surface area contributed by atoms with Crippen LogP contribution in [-0.2, 0) is 9.84 Å². The largest absolute Gasteiger partial charge is 0.307 e. The zero-order chi connectivity index (χ0) is 13.9. The second kappa shape index (κ2) is 5.94. The van der Waals surface area contributed by atoms with Crippen molar-refractivity contribution in [1.82, 2.24) is 4.98 Å². The van der Waals surface area contributed by atoms with E-state index < -0.39 is 30.7 Å². The molecule has 0 radical (unpaired) electrons. The van der Waals surface area contributed by atoms with Gasteiger partial charge in [0.15, 0.2) is 0 Å². The predicted octanol–water partition coefficient (Wildman–Crippen LogP) is 2.54. The quantitative estimate of drug-likeness (QED) is 0.459. The van der Waals surface area contributed by atoms with Gasteiger partial charge in [0.2, 0.25) is 14.9 Å². The van der Waals surface area contributed by atoms with Crippen molar-refractivity contribution < 1.29 is 13.3 Å². The zero-order valence-electron chi connectivity index (χ0n) is 9.34. The van der Waals surface area contributed by atoms with Gasteiger partial charge in [0.05, 0.1) is 10.2 Å². The van der Waals surface area contributed by atoms with Crippen molar-refractivity contribution in [1.29, 1.82) is 0 Å². The molecule has 0 saturated carbocycles. The Labute approximate surface area is 118 Å². The molecule has 6 nitrogen and oxygen atoms in total. The second-order valence-electron chi connectivity index (χ2n) is 3.57. The molecular formula is C9H10BrClN2O4S. The highest BCUT2D eigenvalue weighted by molar-refractivity contribution is 9.10. The third-order valence-corrected chi connectivity index (χ3v) is 5.11. The average molecular weight is 358 g/mol. The number of hydrogen-bond acceptors (Lipinski definition) is 5. The van der Waals surface area contributed by atoms with Gasteiger partial charge >= 0.3 is 5.69 Å². The van der Waals surface area contributed by atoms with Crippen molar-refractivity contribution in [3.05, 3.63) is 26.9 Å². The van der Waals surface area contributed by atoms with E-state index in [0.717, 1.165) is 6.07 Å². The Balaban J connectivity index is 3.37. The van der Waals surface area contributed by atoms with Gasteiger partial charge in [-0.05, 0) is 29.3 Å². The van der Waals surface area contributed by atoms with Crippen molar-refractivity contribution in [2.45, 2.75) is 23.6 Å². The van der Waals surface area contributed by atoms with E-state index in [2.05, 4.69) is 20.9 Å². The van der Waals surface area contributed by atoms with Crippen LogP contribution in [0.1, 0.15) is 13.3 Å². The molecule has 0 spiro atoms. The highest BCUT2D eigenvalue weighted by atomic mass is 79.9. The van der Waals surface area contributed by atoms with E-state index in [0.29, 0.717) is 4.47 Å². The van der Waals surface area contributed by atoms with Crippen LogP contribution in [-0.4, -0.2) is 29.5 Å². The number of halogens is 2. The van der Waals surface area contributed by atoms with Gasteiger partial charge in [-0.1, -0.05) is 0 Å². The van der Waals surface area contributed by atoms with Crippen molar-refractivity contribution in [2.75, 3.05) is 5.88 Å². The standard InChI is InChI=1S/C9H10BrClN2O4S/c1-6(2-3-11)18(16,17)9-8(13(14)15)4-7(10)5-12-9/h4-6H,2-3H2,1H3. The highest BCUT2D eigenvalue weighted by Gasteiger charge is 2.32. The van der Waals surface area contributed by atoms with Gasteiger partial charge < -0.3 is 0 Å². The maximum Gasteiger partial charge on any atom is 0.307 e. The van der Waals surface area contributed by atoms with E-state index in [1.807, 2.05) is 0 Å². The first kappa shape index (κ1) is 15.3. The van der Waals surface area contributed by atoms with Crippen LogP contribution >= 0.6 is 27.5 Å². The Morgan fingerprint density at radius 2 is 2.22 bits per heavy atom. The molecule has 1 rings (SSSR count). The fraction of sp³-hybridized carbons (Fsp3) is 0.444. The van der Waals surface area contributed by atoms with Gasteiger partial charge in [-0.3, -0.25) is 10.1 Å². The fourth-order valence-electron chi connectivity index (χ4n) is 1.27. The van der Waals surface area contributed by atoms with E-state index in [9.17, 15) is 18.5 Å². The first-order valence-corrected chi connectivity index (χ1v) is 7.78. The van der Waals surface area contributed by atoms with Crippen molar-refractivity contribution in [2.24, 2.45) is 0 Å². The molecule has 0 bridgehead atoms. The molecule has 1 aromatic heterocycles. The molecule has 0 amide bonds. The SMILES string of the molecule is CC(CCCl)S(=O)(=O)c1ncc(Br)cc1[N+](=O)[O-]. The van der Waals surface area contributed by atoms with Crippen LogP contribution in [0.2, 0.25) is 0 Å². The van der Waals surface area contributed by atoms with Crippen LogP contribution < -0.4 is 0 Å². The van der Waals surface area contributed by atoms with Crippen molar-refractivity contribution >= 4 is 43.1 Å². The molecule has 100 valence electrons. The Morgan fingerprint density at radius 1 is 1.61 bits per heavy atom. The minimum absolute atomic E-state index is 0.157. The summed E-state index contributed by atoms with van der Waals surface area (Å²) in [6, 6.07) is 1.12. The summed E-state index contributed by atoms with van der Waals surface area (Å²) < 4.78 is 24.6. The van der Waals surface area contributed by atoms with Gasteiger partial charge in [-0.15, -0.1) is 11.6 Å². The number of sulfone groups is 1. The van der Waals surface area contributed by atoms with Crippen LogP contribution in [0.15, 0.2) is 21.8 Å². The monoisotopic (exact) mass is 356 g/mol. The van der Waals surface area contributed by atoms with Crippen molar-refractivity contribution in [3.8, 4) is 0 Å². The van der Waals surface area contributed by atoms with Gasteiger partial charge in [-0.2, -0.15) is 0 Å². The van der Waals surface area contributed by atoms with Gasteiger partial charge in [0.1, 0.15) is 0 Å². The molecule has 18 heavy (non-hydrogen) atoms. The number of alkyl halides is 1. The summed E-state index contributed by atoms with van der Waals surface area (Å²) >= 11 is 8.51. The van der Waals surface area contributed by atoms with E-state index in [1.165, 1.54) is 13.1 Å². The lowest BCUT2D eigenvalue weighted by molar-refractivity contribution is -0.388. The van der Waals surface area contributed by atoms with E-state index >= 15 is 0 Å². The maximum atomic E-state index is 12.1. The summed E-state index contributed by atoms with van der Waals surface area (Å²) in [5.74, 6) is 0.157. The topological polar surface area (TPSA) is 90.2 Å². The summed E-state index contributed by atoms with van der Waals surface area (Å²) in [7, 11) is -3.85. The molecular weight excluding hydrogens is 348 g/mol. The summed E-state index contributed by atoms with van der Waals surface area (Å²) in [5, 5.41) is 9.52. The van der Waals surface area contributed by atoms with Gasteiger partial charge in [0.25, 0.3) is 0 Å². The Bertz CT molecular complexity index is 564. The van der Waals surface area contributed by atoms with Crippen LogP contribution in [0.25, 0.3) is 0 Å². The summed E-state index contributed by atoms with van der Waals surface area (Å²) in [5.41, 5.74) is -0.536. The number of hydrogen-bond donors (Lipinski definition) is 0. The predicted molar refractivity (Wildman–Crippen MR) is 70.6 cm³/mol. The molecule has 0 saturated heterocycles. The van der Waals surface area contributed by atoms with E-state index in [4.69, 9.17) is 11.6 Å². The first-order chi connectivity index (χ1) is 8.30. The van der Waals surface area contributed by atoms with E-state index in [-0.39, 0.29) is 12.3 Å². The van der Waals surface area contributed by atoms with Gasteiger partial charge in [0, 0.05) is 22.6 Å². The number of pyridine rings is 1. The smallest absolute Gasteiger partial charge is 0.258 e. The van der Waals surface area contributed by atoms with Crippen LogP contribution in [0.3, 0.4) is 0 Å². The molecule has 0 aliphatic heterocycles. The third-order valence-electron chi connectivity index (χ3n) is 2.31. The molecule has 1 aromatic rings. The van der Waals surface area contributed by atoms with Gasteiger partial charge in [-0.25, -0.2) is 13.4 Å².